The summed E-state index contributed by atoms with van der Waals surface area (Å²) in [6.45, 7) is 0. The molecule has 0 saturated carbocycles. The molecule has 1 aliphatic rings. The maximum absolute atomic E-state index is 2.46. The smallest absolute Gasteiger partial charge is 0.0715 e. The van der Waals surface area contributed by atoms with Crippen LogP contribution in [0.2, 0.25) is 0 Å². The van der Waals surface area contributed by atoms with Crippen molar-refractivity contribution in [2.75, 3.05) is 9.80 Å². The SMILES string of the molecule is c1ccc(-c2ccc(N(c3ccc(-c4ccccc4)cc3)c3ccc4c(c3)C(c3ccccc3)(c3ccccc3)c3cc(N(c5ccccc5)c5cccc6ccccc56)ccc3-4)cc2)cc1. The molecule has 0 unspecified atom stereocenters. The lowest BCUT2D eigenvalue weighted by Crippen LogP contribution is -2.29. The molecule has 0 saturated heterocycles. The summed E-state index contributed by atoms with van der Waals surface area (Å²) in [5, 5.41) is 2.41. The van der Waals surface area contributed by atoms with Gasteiger partial charge in [0.25, 0.3) is 0 Å². The minimum absolute atomic E-state index is 0.652. The molecule has 12 rings (SSSR count). The highest BCUT2D eigenvalue weighted by atomic mass is 15.1. The molecule has 0 bridgehead atoms. The first-order valence-corrected chi connectivity index (χ1v) is 23.1. The average molecular weight is 855 g/mol. The van der Waals surface area contributed by atoms with Gasteiger partial charge < -0.3 is 9.80 Å². The van der Waals surface area contributed by atoms with Gasteiger partial charge in [0, 0.05) is 33.8 Å². The molecule has 2 nitrogen and oxygen atoms in total. The summed E-state index contributed by atoms with van der Waals surface area (Å²) in [5.74, 6) is 0. The van der Waals surface area contributed by atoms with E-state index < -0.39 is 5.41 Å². The molecule has 0 atom stereocenters. The molecule has 316 valence electrons. The molecular weight excluding hydrogens is 809 g/mol. The zero-order chi connectivity index (χ0) is 44.6. The Morgan fingerprint density at radius 3 is 1.13 bits per heavy atom. The van der Waals surface area contributed by atoms with E-state index in [1.54, 1.807) is 0 Å². The minimum Gasteiger partial charge on any atom is -0.310 e. The predicted octanol–water partition coefficient (Wildman–Crippen LogP) is 17.5. The van der Waals surface area contributed by atoms with E-state index in [4.69, 9.17) is 0 Å². The molecule has 67 heavy (non-hydrogen) atoms. The van der Waals surface area contributed by atoms with Crippen LogP contribution in [-0.4, -0.2) is 0 Å². The van der Waals surface area contributed by atoms with Crippen LogP contribution in [-0.2, 0) is 5.41 Å². The van der Waals surface area contributed by atoms with Crippen LogP contribution in [0.5, 0.6) is 0 Å². The summed E-state index contributed by atoms with van der Waals surface area (Å²) in [6.07, 6.45) is 0. The maximum Gasteiger partial charge on any atom is 0.0715 e. The van der Waals surface area contributed by atoms with Crippen molar-refractivity contribution in [3.63, 3.8) is 0 Å². The maximum atomic E-state index is 2.46. The van der Waals surface area contributed by atoms with Crippen molar-refractivity contribution in [1.29, 1.82) is 0 Å². The monoisotopic (exact) mass is 854 g/mol. The molecule has 2 heteroatoms. The van der Waals surface area contributed by atoms with E-state index in [1.807, 2.05) is 0 Å². The van der Waals surface area contributed by atoms with Gasteiger partial charge in [-0.05, 0) is 128 Å². The highest BCUT2D eigenvalue weighted by molar-refractivity contribution is 6.00. The average Bonchev–Trinajstić information content (AvgIpc) is 3.70. The van der Waals surface area contributed by atoms with Crippen LogP contribution in [0.3, 0.4) is 0 Å². The van der Waals surface area contributed by atoms with Crippen molar-refractivity contribution in [1.82, 2.24) is 0 Å². The number of hydrogen-bond donors (Lipinski definition) is 0. The first kappa shape index (κ1) is 39.8. The van der Waals surface area contributed by atoms with Crippen LogP contribution < -0.4 is 9.80 Å². The number of fused-ring (bicyclic) bond motifs is 4. The third kappa shape index (κ3) is 6.99. The largest absolute Gasteiger partial charge is 0.310 e. The summed E-state index contributed by atoms with van der Waals surface area (Å²) in [6, 6.07) is 102. The van der Waals surface area contributed by atoms with E-state index in [9.17, 15) is 0 Å². The molecule has 0 heterocycles. The fraction of sp³-hybridized carbons (Fsp3) is 0.0154. The molecule has 0 amide bonds. The van der Waals surface area contributed by atoms with Crippen LogP contribution in [0.15, 0.2) is 279 Å². The Hall–Kier alpha value is -8.72. The van der Waals surface area contributed by atoms with Crippen molar-refractivity contribution in [2.45, 2.75) is 5.41 Å². The van der Waals surface area contributed by atoms with Gasteiger partial charge in [0.2, 0.25) is 0 Å². The molecule has 0 aliphatic heterocycles. The van der Waals surface area contributed by atoms with Crippen molar-refractivity contribution in [3.8, 4) is 33.4 Å². The summed E-state index contributed by atoms with van der Waals surface area (Å²) in [7, 11) is 0. The van der Waals surface area contributed by atoms with Crippen LogP contribution in [0.4, 0.5) is 34.1 Å². The number of rotatable bonds is 10. The summed E-state index contributed by atoms with van der Waals surface area (Å²) in [5.41, 5.74) is 18.1. The lowest BCUT2D eigenvalue weighted by molar-refractivity contribution is 0.768. The standard InChI is InChI=1S/C65H46N2/c1-6-19-47(20-7-1)49-33-37-55(38-34-49)66(56-39-35-50(36-40-56)48-21-8-2-9-22-48)57-41-43-60-61-44-42-58(67(54-29-14-5-15-30-54)64-32-18-24-51-23-16-17-31-59(51)64)46-63(61)65(62(60)45-57,52-25-10-3-11-26-52)53-27-12-4-13-28-53/h1-46H. The molecule has 0 fully saturated rings. The zero-order valence-corrected chi connectivity index (χ0v) is 37.0. The first-order chi connectivity index (χ1) is 33.2. The van der Waals surface area contributed by atoms with Crippen LogP contribution in [0.25, 0.3) is 44.2 Å². The molecule has 0 radical (unpaired) electrons. The van der Waals surface area contributed by atoms with Crippen LogP contribution >= 0.6 is 0 Å². The lowest BCUT2D eigenvalue weighted by atomic mass is 9.67. The Morgan fingerprint density at radius 2 is 0.627 bits per heavy atom. The summed E-state index contributed by atoms with van der Waals surface area (Å²) >= 11 is 0. The number of hydrogen-bond acceptors (Lipinski definition) is 2. The normalized spacial score (nSPS) is 12.3. The fourth-order valence-corrected chi connectivity index (χ4v) is 10.5. The Kier molecular flexibility index (Phi) is 10.1. The zero-order valence-electron chi connectivity index (χ0n) is 37.0. The van der Waals surface area contributed by atoms with Gasteiger partial charge in [-0.2, -0.15) is 0 Å². The van der Waals surface area contributed by atoms with E-state index in [2.05, 4.69) is 289 Å². The van der Waals surface area contributed by atoms with Crippen LogP contribution in [0, 0.1) is 0 Å². The van der Waals surface area contributed by atoms with E-state index in [0.29, 0.717) is 0 Å². The van der Waals surface area contributed by atoms with Crippen LogP contribution in [0.1, 0.15) is 22.3 Å². The Labute approximate surface area is 393 Å². The van der Waals surface area contributed by atoms with Gasteiger partial charge in [-0.3, -0.25) is 0 Å². The molecule has 0 aromatic heterocycles. The molecular formula is C65H46N2. The van der Waals surface area contributed by atoms with Crippen molar-refractivity contribution in [3.05, 3.63) is 301 Å². The van der Waals surface area contributed by atoms with Gasteiger partial charge in [0.1, 0.15) is 0 Å². The van der Waals surface area contributed by atoms with Gasteiger partial charge >= 0.3 is 0 Å². The van der Waals surface area contributed by atoms with Crippen molar-refractivity contribution in [2.24, 2.45) is 0 Å². The topological polar surface area (TPSA) is 6.48 Å². The summed E-state index contributed by atoms with van der Waals surface area (Å²) < 4.78 is 0. The molecule has 11 aromatic carbocycles. The Bertz CT molecular complexity index is 3350. The second-order valence-corrected chi connectivity index (χ2v) is 17.3. The second kappa shape index (κ2) is 17.0. The fourth-order valence-electron chi connectivity index (χ4n) is 10.5. The lowest BCUT2D eigenvalue weighted by Gasteiger charge is -2.35. The molecule has 1 aliphatic carbocycles. The minimum atomic E-state index is -0.652. The van der Waals surface area contributed by atoms with Gasteiger partial charge in [0.05, 0.1) is 11.1 Å². The predicted molar refractivity (Wildman–Crippen MR) is 281 cm³/mol. The third-order valence-electron chi connectivity index (χ3n) is 13.5. The first-order valence-electron chi connectivity index (χ1n) is 23.1. The van der Waals surface area contributed by atoms with Gasteiger partial charge in [-0.15, -0.1) is 0 Å². The van der Waals surface area contributed by atoms with E-state index in [0.717, 1.165) is 34.1 Å². The van der Waals surface area contributed by atoms with E-state index in [-0.39, 0.29) is 0 Å². The van der Waals surface area contributed by atoms with Gasteiger partial charge in [-0.1, -0.05) is 212 Å². The number of para-hydroxylation sites is 1. The quantitative estimate of drug-likeness (QED) is 0.135. The second-order valence-electron chi connectivity index (χ2n) is 17.3. The third-order valence-corrected chi connectivity index (χ3v) is 13.5. The van der Waals surface area contributed by atoms with Gasteiger partial charge in [0.15, 0.2) is 0 Å². The summed E-state index contributed by atoms with van der Waals surface area (Å²) in [4.78, 5) is 4.84. The van der Waals surface area contributed by atoms with Crippen molar-refractivity contribution >= 4 is 44.9 Å². The number of anilines is 6. The Morgan fingerprint density at radius 1 is 0.254 bits per heavy atom. The van der Waals surface area contributed by atoms with E-state index >= 15 is 0 Å². The molecule has 0 N–H and O–H groups in total. The highest BCUT2D eigenvalue weighted by Gasteiger charge is 2.47. The Balaban J connectivity index is 1.08. The molecule has 11 aromatic rings. The number of benzene rings is 11. The van der Waals surface area contributed by atoms with Crippen molar-refractivity contribution < 1.29 is 0 Å². The molecule has 0 spiro atoms. The highest BCUT2D eigenvalue weighted by Crippen LogP contribution is 2.58. The van der Waals surface area contributed by atoms with Gasteiger partial charge in [-0.25, -0.2) is 0 Å². The van der Waals surface area contributed by atoms with E-state index in [1.165, 1.54) is 66.4 Å². The number of nitrogens with zero attached hydrogens (tertiary/aromatic N) is 2.